The number of nitrogens with zero attached hydrogens (tertiary/aromatic N) is 1. The Labute approximate surface area is 150 Å². The predicted octanol–water partition coefficient (Wildman–Crippen LogP) is 1.71. The van der Waals surface area contributed by atoms with Crippen LogP contribution in [0.15, 0.2) is 48.8 Å². The molecular weight excluding hydrogens is 316 g/mol. The summed E-state index contributed by atoms with van der Waals surface area (Å²) in [6.45, 7) is 6.20. The number of hydrogen-bond acceptors (Lipinski definition) is 1. The van der Waals surface area contributed by atoms with Crippen LogP contribution in [0.3, 0.4) is 0 Å². The fourth-order valence-electron chi connectivity index (χ4n) is 2.49. The van der Waals surface area contributed by atoms with Crippen LogP contribution in [0, 0.1) is 6.92 Å². The molecule has 2 rings (SSSR count). The normalized spacial score (nSPS) is 12.0. The molecule has 5 heteroatoms. The Morgan fingerprint density at radius 1 is 1.25 bits per heavy atom. The number of aromatic nitrogens is 1. The average Bonchev–Trinajstić information content (AvgIpc) is 2.57. The van der Waals surface area contributed by atoms with Gasteiger partial charge >= 0.3 is 0 Å². The number of nitrogens with one attached hydrogen (secondary N) is 3. The zero-order valence-corrected chi connectivity index (χ0v) is 15.8. The molecule has 3 N–H and O–H groups in total. The molecule has 2 aromatic rings. The van der Waals surface area contributed by atoms with Gasteiger partial charge < -0.3 is 15.1 Å². The van der Waals surface area contributed by atoms with Gasteiger partial charge in [0.15, 0.2) is 17.5 Å². The number of rotatable bonds is 6. The number of aryl methyl sites for hydroxylation is 1. The van der Waals surface area contributed by atoms with E-state index in [0.29, 0.717) is 0 Å². The van der Waals surface area contributed by atoms with E-state index in [2.05, 4.69) is 73.5 Å². The molecule has 0 aliphatic carbocycles. The summed E-state index contributed by atoms with van der Waals surface area (Å²) in [5.74, 6) is 0. The Balaban J connectivity index is 2.14. The summed E-state index contributed by atoms with van der Waals surface area (Å²) in [6, 6.07) is 12.7. The number of benzene rings is 1. The van der Waals surface area contributed by atoms with E-state index < -0.39 is 0 Å². The molecule has 4 nitrogen and oxygen atoms in total. The largest absolute Gasteiger partial charge is 0.338 e. The second kappa shape index (κ2) is 8.76. The van der Waals surface area contributed by atoms with Crippen molar-refractivity contribution in [2.45, 2.75) is 19.9 Å². The van der Waals surface area contributed by atoms with Crippen molar-refractivity contribution in [3.63, 3.8) is 0 Å². The molecule has 0 aliphatic heterocycles. The summed E-state index contributed by atoms with van der Waals surface area (Å²) in [7, 11) is 4.32. The van der Waals surface area contributed by atoms with Crippen LogP contribution in [0.1, 0.15) is 24.1 Å². The van der Waals surface area contributed by atoms with Gasteiger partial charge in [0.25, 0.3) is 0 Å². The van der Waals surface area contributed by atoms with E-state index in [4.69, 9.17) is 12.2 Å². The molecule has 1 aromatic heterocycles. The molecule has 128 valence electrons. The van der Waals surface area contributed by atoms with Gasteiger partial charge in [-0.05, 0) is 44.3 Å². The molecule has 0 aliphatic rings. The van der Waals surface area contributed by atoms with Gasteiger partial charge in [-0.15, -0.1) is 0 Å². The Morgan fingerprint density at radius 2 is 1.96 bits per heavy atom. The average molecular weight is 345 g/mol. The fraction of sp³-hybridized carbons (Fsp3) is 0.368. The Morgan fingerprint density at radius 3 is 2.54 bits per heavy atom. The van der Waals surface area contributed by atoms with Crippen LogP contribution < -0.4 is 15.2 Å². The molecule has 1 unspecified atom stereocenters. The van der Waals surface area contributed by atoms with Crippen molar-refractivity contribution in [1.82, 2.24) is 4.90 Å². The highest BCUT2D eigenvalue weighted by Gasteiger charge is 2.21. The lowest BCUT2D eigenvalue weighted by molar-refractivity contribution is -0.857. The Bertz CT molecular complexity index is 640. The highest BCUT2D eigenvalue weighted by Crippen LogP contribution is 2.20. The van der Waals surface area contributed by atoms with E-state index in [1.807, 2.05) is 18.5 Å². The van der Waals surface area contributed by atoms with Crippen molar-refractivity contribution < 1.29 is 9.88 Å². The first-order valence-corrected chi connectivity index (χ1v) is 8.77. The molecule has 0 fully saturated rings. The molecule has 1 heterocycles. The van der Waals surface area contributed by atoms with Gasteiger partial charge in [0.2, 0.25) is 0 Å². The van der Waals surface area contributed by atoms with Gasteiger partial charge in [-0.3, -0.25) is 0 Å². The lowest BCUT2D eigenvalue weighted by Crippen LogP contribution is -3.06. The SMILES string of the molecule is Cc1ccc(NC(=S)N(CC[NH+](C)C)C(C)c2ccc[nH+]c2)cc1. The molecule has 0 saturated carbocycles. The van der Waals surface area contributed by atoms with Gasteiger partial charge in [0, 0.05) is 17.3 Å². The maximum absolute atomic E-state index is 5.71. The highest BCUT2D eigenvalue weighted by atomic mass is 32.1. The summed E-state index contributed by atoms with van der Waals surface area (Å²) >= 11 is 5.71. The van der Waals surface area contributed by atoms with Gasteiger partial charge in [-0.2, -0.15) is 0 Å². The van der Waals surface area contributed by atoms with Crippen LogP contribution >= 0.6 is 12.2 Å². The monoisotopic (exact) mass is 344 g/mol. The summed E-state index contributed by atoms with van der Waals surface area (Å²) in [5, 5.41) is 4.14. The summed E-state index contributed by atoms with van der Waals surface area (Å²) in [5.41, 5.74) is 3.49. The Hall–Kier alpha value is -1.98. The minimum absolute atomic E-state index is 0.201. The minimum Gasteiger partial charge on any atom is -0.338 e. The van der Waals surface area contributed by atoms with Crippen LogP contribution in [0.5, 0.6) is 0 Å². The second-order valence-corrected chi connectivity index (χ2v) is 6.85. The lowest BCUT2D eigenvalue weighted by atomic mass is 10.1. The third-order valence-electron chi connectivity index (χ3n) is 4.10. The van der Waals surface area contributed by atoms with Crippen molar-refractivity contribution >= 4 is 23.0 Å². The highest BCUT2D eigenvalue weighted by molar-refractivity contribution is 7.80. The molecule has 0 bridgehead atoms. The van der Waals surface area contributed by atoms with Crippen molar-refractivity contribution in [3.05, 3.63) is 59.9 Å². The maximum Gasteiger partial charge on any atom is 0.174 e. The van der Waals surface area contributed by atoms with Crippen LogP contribution in [-0.2, 0) is 0 Å². The third-order valence-corrected chi connectivity index (χ3v) is 4.43. The molecule has 0 saturated heterocycles. The summed E-state index contributed by atoms with van der Waals surface area (Å²) in [4.78, 5) is 6.82. The van der Waals surface area contributed by atoms with Crippen molar-refractivity contribution in [1.29, 1.82) is 0 Å². The number of H-pyrrole nitrogens is 1. The molecular formula is C19H28N4S+2. The lowest BCUT2D eigenvalue weighted by Gasteiger charge is -2.31. The molecule has 1 atom stereocenters. The molecule has 24 heavy (non-hydrogen) atoms. The van der Waals surface area contributed by atoms with Crippen LogP contribution in [0.4, 0.5) is 5.69 Å². The van der Waals surface area contributed by atoms with Gasteiger partial charge in [-0.25, -0.2) is 4.98 Å². The zero-order valence-electron chi connectivity index (χ0n) is 15.0. The van der Waals surface area contributed by atoms with Crippen LogP contribution in [0.25, 0.3) is 0 Å². The van der Waals surface area contributed by atoms with E-state index in [1.54, 1.807) is 0 Å². The molecule has 1 aromatic carbocycles. The van der Waals surface area contributed by atoms with E-state index in [1.165, 1.54) is 16.0 Å². The van der Waals surface area contributed by atoms with E-state index in [9.17, 15) is 0 Å². The first-order valence-electron chi connectivity index (χ1n) is 8.36. The van der Waals surface area contributed by atoms with Crippen molar-refractivity contribution in [3.8, 4) is 0 Å². The van der Waals surface area contributed by atoms with Gasteiger partial charge in [0.05, 0.1) is 33.2 Å². The fourth-order valence-corrected chi connectivity index (χ4v) is 2.86. The number of quaternary nitrogens is 1. The van der Waals surface area contributed by atoms with Crippen molar-refractivity contribution in [2.75, 3.05) is 32.5 Å². The number of aromatic amines is 1. The summed E-state index contributed by atoms with van der Waals surface area (Å²) < 4.78 is 0. The number of hydrogen-bond donors (Lipinski definition) is 2. The number of anilines is 1. The first kappa shape index (κ1) is 18.4. The van der Waals surface area contributed by atoms with E-state index in [-0.39, 0.29) is 6.04 Å². The van der Waals surface area contributed by atoms with Crippen LogP contribution in [-0.4, -0.2) is 37.2 Å². The first-order chi connectivity index (χ1) is 11.5. The molecule has 0 spiro atoms. The smallest absolute Gasteiger partial charge is 0.174 e. The van der Waals surface area contributed by atoms with Crippen LogP contribution in [0.2, 0.25) is 0 Å². The van der Waals surface area contributed by atoms with Gasteiger partial charge in [-0.1, -0.05) is 17.7 Å². The number of thiocarbonyl (C=S) groups is 1. The third kappa shape index (κ3) is 5.28. The predicted molar refractivity (Wildman–Crippen MR) is 103 cm³/mol. The topological polar surface area (TPSA) is 33.9 Å². The zero-order chi connectivity index (χ0) is 17.5. The van der Waals surface area contributed by atoms with E-state index >= 15 is 0 Å². The van der Waals surface area contributed by atoms with Crippen molar-refractivity contribution in [2.24, 2.45) is 0 Å². The molecule has 0 radical (unpaired) electrons. The molecule has 0 amide bonds. The van der Waals surface area contributed by atoms with E-state index in [0.717, 1.165) is 23.9 Å². The maximum atomic E-state index is 5.71. The minimum atomic E-state index is 0.201. The quantitative estimate of drug-likeness (QED) is 0.783. The van der Waals surface area contributed by atoms with Gasteiger partial charge in [0.1, 0.15) is 0 Å². The second-order valence-electron chi connectivity index (χ2n) is 6.46. The Kier molecular flexibility index (Phi) is 6.70. The standard InChI is InChI=1S/C19H26N4S/c1-15-7-9-18(10-8-15)21-19(24)23(13-12-22(3)4)16(2)17-6-5-11-20-14-17/h5-11,14,16H,12-13H2,1-4H3,(H,21,24)/p+2. The summed E-state index contributed by atoms with van der Waals surface area (Å²) in [6.07, 6.45) is 3.96. The number of pyridine rings is 1. The number of likely N-dealkylation sites (N-methyl/N-ethyl adjacent to an activating group) is 1.